The third-order valence-electron chi connectivity index (χ3n) is 0.906. The van der Waals surface area contributed by atoms with Gasteiger partial charge in [-0.15, -0.1) is 6.42 Å². The van der Waals surface area contributed by atoms with Crippen molar-refractivity contribution in [3.63, 3.8) is 0 Å². The largest absolute Gasteiger partial charge is 0.770 e. The van der Waals surface area contributed by atoms with Crippen LogP contribution in [0.5, 0.6) is 0 Å². The summed E-state index contributed by atoms with van der Waals surface area (Å²) in [6.07, 6.45) is 5.26. The zero-order valence-corrected chi connectivity index (χ0v) is 7.50. The molecule has 0 N–H and O–H groups in total. The van der Waals surface area contributed by atoms with E-state index in [1.807, 2.05) is 5.92 Å². The number of hydrogen-bond donors (Lipinski definition) is 0. The van der Waals surface area contributed by atoms with Crippen LogP contribution < -0.4 is 0 Å². The molecule has 0 aromatic carbocycles. The van der Waals surface area contributed by atoms with Gasteiger partial charge in [0.1, 0.15) is 0 Å². The van der Waals surface area contributed by atoms with Crippen LogP contribution in [0, 0.1) is 17.6 Å². The van der Waals surface area contributed by atoms with Gasteiger partial charge >= 0.3 is 10.3 Å². The molecule has 6 heteroatoms. The lowest BCUT2D eigenvalue weighted by Crippen LogP contribution is -2.27. The molecule has 0 bridgehead atoms. The van der Waals surface area contributed by atoms with Crippen LogP contribution in [-0.2, 0) is 14.5 Å². The molecule has 0 unspecified atom stereocenters. The van der Waals surface area contributed by atoms with Crippen molar-refractivity contribution in [3.8, 4) is 12.3 Å². The normalized spacial score (nSPS) is 11.5. The van der Waals surface area contributed by atoms with E-state index >= 15 is 0 Å². The molecule has 0 rings (SSSR count). The maximum absolute atomic E-state index is 10.8. The second-order valence-electron chi connectivity index (χ2n) is 1.94. The lowest BCUT2D eigenvalue weighted by molar-refractivity contribution is 0.290. The van der Waals surface area contributed by atoms with Crippen molar-refractivity contribution in [2.45, 2.75) is 13.3 Å². The summed E-state index contributed by atoms with van der Waals surface area (Å²) < 4.78 is 25.6. The standard InChI is InChI=1S/C6H10NO4S/c1-3-5-7(8)12(9,10)11-6-4-2/h1H,4-6H2,2H3/q-1. The fourth-order valence-corrected chi connectivity index (χ4v) is 1.13. The SMILES string of the molecule is C#CCN([O-])S(=O)(=O)OCCC. The van der Waals surface area contributed by atoms with Gasteiger partial charge in [0.15, 0.2) is 0 Å². The van der Waals surface area contributed by atoms with Crippen molar-refractivity contribution >= 4 is 10.3 Å². The summed E-state index contributed by atoms with van der Waals surface area (Å²) in [4.78, 5) is 0. The minimum absolute atomic E-state index is 0.00829. The molecule has 0 saturated carbocycles. The molecule has 0 spiro atoms. The molecular formula is C6H10NO4S-. The molecule has 0 aliphatic heterocycles. The van der Waals surface area contributed by atoms with E-state index in [0.717, 1.165) is 0 Å². The molecule has 0 heterocycles. The van der Waals surface area contributed by atoms with E-state index < -0.39 is 16.8 Å². The van der Waals surface area contributed by atoms with Gasteiger partial charge in [-0.1, -0.05) is 12.8 Å². The van der Waals surface area contributed by atoms with Crippen molar-refractivity contribution in [1.82, 2.24) is 4.47 Å². The molecule has 0 atom stereocenters. The summed E-state index contributed by atoms with van der Waals surface area (Å²) in [7, 11) is -4.15. The molecule has 0 radical (unpaired) electrons. The van der Waals surface area contributed by atoms with Crippen LogP contribution in [0.4, 0.5) is 0 Å². The second kappa shape index (κ2) is 5.11. The highest BCUT2D eigenvalue weighted by atomic mass is 32.2. The van der Waals surface area contributed by atoms with Crippen LogP contribution in [-0.4, -0.2) is 26.0 Å². The number of nitrogens with zero attached hydrogens (tertiary/aromatic N) is 1. The maximum Gasteiger partial charge on any atom is 0.327 e. The van der Waals surface area contributed by atoms with E-state index in [1.165, 1.54) is 0 Å². The summed E-state index contributed by atoms with van der Waals surface area (Å²) in [5.74, 6) is 1.90. The molecule has 0 aromatic heterocycles. The van der Waals surface area contributed by atoms with Crippen LogP contribution in [0.3, 0.4) is 0 Å². The highest BCUT2D eigenvalue weighted by Crippen LogP contribution is 2.00. The lowest BCUT2D eigenvalue weighted by atomic mass is 10.5. The maximum atomic E-state index is 10.8. The van der Waals surface area contributed by atoms with Gasteiger partial charge in [0.25, 0.3) is 0 Å². The summed E-state index contributed by atoms with van der Waals surface area (Å²) in [5.41, 5.74) is 0. The highest BCUT2D eigenvalue weighted by molar-refractivity contribution is 7.84. The van der Waals surface area contributed by atoms with Gasteiger partial charge in [0, 0.05) is 0 Å². The molecule has 0 saturated heterocycles. The topological polar surface area (TPSA) is 69.7 Å². The van der Waals surface area contributed by atoms with Crippen molar-refractivity contribution in [1.29, 1.82) is 0 Å². The number of terminal acetylenes is 1. The average Bonchev–Trinajstić information content (AvgIpc) is 2.01. The number of rotatable bonds is 5. The Morgan fingerprint density at radius 1 is 1.67 bits per heavy atom. The second-order valence-corrected chi connectivity index (χ2v) is 3.44. The van der Waals surface area contributed by atoms with Gasteiger partial charge in [-0.25, -0.2) is 4.47 Å². The Morgan fingerprint density at radius 3 is 2.67 bits per heavy atom. The predicted octanol–water partition coefficient (Wildman–Crippen LogP) is 0.0908. The van der Waals surface area contributed by atoms with E-state index in [4.69, 9.17) is 6.42 Å². The summed E-state index contributed by atoms with van der Waals surface area (Å²) in [5, 5.41) is 10.6. The first kappa shape index (κ1) is 11.4. The fourth-order valence-electron chi connectivity index (χ4n) is 0.401. The van der Waals surface area contributed by atoms with Gasteiger partial charge in [-0.3, -0.25) is 4.18 Å². The first-order valence-corrected chi connectivity index (χ1v) is 4.68. The molecule has 0 fully saturated rings. The van der Waals surface area contributed by atoms with E-state index in [-0.39, 0.29) is 11.1 Å². The van der Waals surface area contributed by atoms with Crippen LogP contribution in [0.25, 0.3) is 0 Å². The molecule has 0 aliphatic carbocycles. The Bertz CT molecular complexity index is 253. The minimum Gasteiger partial charge on any atom is -0.770 e. The Labute approximate surface area is 72.2 Å². The Kier molecular flexibility index (Phi) is 4.85. The monoisotopic (exact) mass is 192 g/mol. The van der Waals surface area contributed by atoms with Crippen LogP contribution in [0.15, 0.2) is 0 Å². The van der Waals surface area contributed by atoms with E-state index in [9.17, 15) is 13.6 Å². The third kappa shape index (κ3) is 3.69. The third-order valence-corrected chi connectivity index (χ3v) is 2.00. The Morgan fingerprint density at radius 2 is 2.25 bits per heavy atom. The van der Waals surface area contributed by atoms with Gasteiger partial charge in [-0.2, -0.15) is 8.42 Å². The van der Waals surface area contributed by atoms with Crippen molar-refractivity contribution < 1.29 is 12.6 Å². The van der Waals surface area contributed by atoms with Crippen LogP contribution in [0.2, 0.25) is 0 Å². The van der Waals surface area contributed by atoms with Gasteiger partial charge < -0.3 is 5.21 Å². The molecular weight excluding hydrogens is 182 g/mol. The summed E-state index contributed by atoms with van der Waals surface area (Å²) in [6.45, 7) is 1.20. The highest BCUT2D eigenvalue weighted by Gasteiger charge is 2.11. The van der Waals surface area contributed by atoms with Crippen molar-refractivity contribution in [2.75, 3.05) is 13.2 Å². The van der Waals surface area contributed by atoms with E-state index in [0.29, 0.717) is 6.42 Å². The number of hydroxylamine groups is 1. The predicted molar refractivity (Wildman–Crippen MR) is 44.1 cm³/mol. The minimum atomic E-state index is -4.15. The molecule has 5 nitrogen and oxygen atoms in total. The zero-order chi connectivity index (χ0) is 9.61. The van der Waals surface area contributed by atoms with Gasteiger partial charge in [-0.05, 0) is 6.42 Å². The van der Waals surface area contributed by atoms with Crippen LogP contribution >= 0.6 is 0 Å². The lowest BCUT2D eigenvalue weighted by Gasteiger charge is -2.23. The molecule has 0 amide bonds. The first-order chi connectivity index (χ1) is 5.54. The quantitative estimate of drug-likeness (QED) is 0.457. The smallest absolute Gasteiger partial charge is 0.327 e. The van der Waals surface area contributed by atoms with Crippen LogP contribution in [0.1, 0.15) is 13.3 Å². The van der Waals surface area contributed by atoms with Gasteiger partial charge in [0.2, 0.25) is 0 Å². The molecule has 0 aromatic rings. The summed E-state index contributed by atoms with van der Waals surface area (Å²) >= 11 is 0. The van der Waals surface area contributed by atoms with E-state index in [2.05, 4.69) is 4.18 Å². The summed E-state index contributed by atoms with van der Waals surface area (Å²) in [6, 6.07) is 0. The Hall–Kier alpha value is -0.610. The molecule has 70 valence electrons. The molecule has 0 aliphatic rings. The molecule has 12 heavy (non-hydrogen) atoms. The fraction of sp³-hybridized carbons (Fsp3) is 0.667. The van der Waals surface area contributed by atoms with E-state index in [1.54, 1.807) is 6.92 Å². The average molecular weight is 192 g/mol. The van der Waals surface area contributed by atoms with Gasteiger partial charge in [0.05, 0.1) is 13.2 Å². The Balaban J connectivity index is 4.12. The van der Waals surface area contributed by atoms with Crippen molar-refractivity contribution in [3.05, 3.63) is 5.21 Å². The first-order valence-electron chi connectivity index (χ1n) is 3.32. The zero-order valence-electron chi connectivity index (χ0n) is 6.69. The van der Waals surface area contributed by atoms with Crippen molar-refractivity contribution in [2.24, 2.45) is 0 Å². The number of hydrogen-bond acceptors (Lipinski definition) is 4.